The van der Waals surface area contributed by atoms with E-state index in [0.717, 1.165) is 24.0 Å². The van der Waals surface area contributed by atoms with Gasteiger partial charge in [0.25, 0.3) is 10.0 Å². The second-order valence-electron chi connectivity index (χ2n) is 6.22. The predicted molar refractivity (Wildman–Crippen MR) is 93.3 cm³/mol. The molecule has 1 aliphatic rings. The van der Waals surface area contributed by atoms with Crippen LogP contribution in [0.25, 0.3) is 0 Å². The number of benzene rings is 1. The summed E-state index contributed by atoms with van der Waals surface area (Å²) in [6, 6.07) is 3.82. The Labute approximate surface area is 143 Å². The van der Waals surface area contributed by atoms with Gasteiger partial charge in [0.2, 0.25) is 0 Å². The van der Waals surface area contributed by atoms with Crippen LogP contribution in [-0.2, 0) is 23.5 Å². The summed E-state index contributed by atoms with van der Waals surface area (Å²) in [5, 5.41) is 4.27. The van der Waals surface area contributed by atoms with Crippen LogP contribution in [-0.4, -0.2) is 31.9 Å². The highest BCUT2D eigenvalue weighted by Crippen LogP contribution is 2.41. The molecule has 3 rings (SSSR count). The highest BCUT2D eigenvalue weighted by molar-refractivity contribution is 7.93. The average molecular weight is 349 g/mol. The molecule has 0 spiro atoms. The Morgan fingerprint density at radius 3 is 2.50 bits per heavy atom. The van der Waals surface area contributed by atoms with Crippen LogP contribution in [0.1, 0.15) is 28.9 Å². The minimum Gasteiger partial charge on any atom is -0.495 e. The van der Waals surface area contributed by atoms with E-state index < -0.39 is 10.0 Å². The molecule has 0 aliphatic carbocycles. The van der Waals surface area contributed by atoms with Crippen molar-refractivity contribution in [1.29, 1.82) is 0 Å². The van der Waals surface area contributed by atoms with Crippen LogP contribution in [0.2, 0.25) is 0 Å². The summed E-state index contributed by atoms with van der Waals surface area (Å²) in [5.74, 6) is 0.595. The molecule has 0 amide bonds. The number of sulfonamides is 1. The minimum atomic E-state index is -3.70. The number of nitrogens with zero attached hydrogens (tertiary/aromatic N) is 3. The highest BCUT2D eigenvalue weighted by atomic mass is 32.2. The van der Waals surface area contributed by atoms with Crippen LogP contribution in [0.4, 0.5) is 5.69 Å². The first kappa shape index (κ1) is 16.8. The highest BCUT2D eigenvalue weighted by Gasteiger charge is 2.35. The van der Waals surface area contributed by atoms with Gasteiger partial charge in [0.05, 0.1) is 24.2 Å². The Kier molecular flexibility index (Phi) is 4.07. The molecule has 6 nitrogen and oxygen atoms in total. The second-order valence-corrected chi connectivity index (χ2v) is 8.02. The summed E-state index contributed by atoms with van der Waals surface area (Å²) in [6.07, 6.45) is 1.65. The molecule has 0 saturated heterocycles. The molecule has 0 fully saturated rings. The summed E-state index contributed by atoms with van der Waals surface area (Å²) in [7, 11) is -0.361. The van der Waals surface area contributed by atoms with E-state index in [0.29, 0.717) is 34.3 Å². The van der Waals surface area contributed by atoms with Crippen molar-refractivity contribution in [1.82, 2.24) is 9.78 Å². The lowest BCUT2D eigenvalue weighted by atomic mass is 9.98. The Balaban J connectivity index is 2.24. The topological polar surface area (TPSA) is 64.4 Å². The zero-order valence-electron chi connectivity index (χ0n) is 14.8. The van der Waals surface area contributed by atoms with Crippen molar-refractivity contribution in [2.24, 2.45) is 7.05 Å². The maximum atomic E-state index is 13.4. The molecule has 1 aromatic heterocycles. The molecule has 0 N–H and O–H groups in total. The number of anilines is 1. The molecule has 0 radical (unpaired) electrons. The monoisotopic (exact) mass is 349 g/mol. The van der Waals surface area contributed by atoms with Gasteiger partial charge in [-0.15, -0.1) is 0 Å². The molecule has 1 aromatic carbocycles. The molecule has 2 heterocycles. The molecule has 7 heteroatoms. The van der Waals surface area contributed by atoms with Gasteiger partial charge in [-0.25, -0.2) is 8.42 Å². The molecule has 24 heavy (non-hydrogen) atoms. The van der Waals surface area contributed by atoms with E-state index in [-0.39, 0.29) is 0 Å². The van der Waals surface area contributed by atoms with E-state index in [9.17, 15) is 8.42 Å². The lowest BCUT2D eigenvalue weighted by Gasteiger charge is -2.32. The zero-order valence-corrected chi connectivity index (χ0v) is 15.6. The van der Waals surface area contributed by atoms with Gasteiger partial charge in [-0.1, -0.05) is 6.07 Å². The first-order valence-electron chi connectivity index (χ1n) is 7.98. The molecule has 0 saturated carbocycles. The lowest BCUT2D eigenvalue weighted by molar-refractivity contribution is 0.414. The van der Waals surface area contributed by atoms with Crippen LogP contribution in [0, 0.1) is 20.8 Å². The van der Waals surface area contributed by atoms with Gasteiger partial charge >= 0.3 is 0 Å². The van der Waals surface area contributed by atoms with Crippen molar-refractivity contribution in [2.75, 3.05) is 18.0 Å². The standard InChI is InChI=1S/C17H23N3O3S/c1-11-8-9-15(23-5)16-14(11)7-6-10-20(16)24(21,22)17-12(2)18-19(4)13(17)3/h8-9H,6-7,10H2,1-5H3. The summed E-state index contributed by atoms with van der Waals surface area (Å²) < 4.78 is 35.4. The first-order valence-corrected chi connectivity index (χ1v) is 9.42. The van der Waals surface area contributed by atoms with Crippen molar-refractivity contribution in [3.05, 3.63) is 34.6 Å². The van der Waals surface area contributed by atoms with Gasteiger partial charge in [0.1, 0.15) is 10.6 Å². The van der Waals surface area contributed by atoms with E-state index in [2.05, 4.69) is 5.10 Å². The SMILES string of the molecule is COc1ccc(C)c2c1N(S(=O)(=O)c1c(C)nn(C)c1C)CCC2. The maximum Gasteiger partial charge on any atom is 0.268 e. The van der Waals surface area contributed by atoms with E-state index in [1.165, 1.54) is 4.31 Å². The predicted octanol–water partition coefficient (Wildman–Crippen LogP) is 2.50. The quantitative estimate of drug-likeness (QED) is 0.854. The van der Waals surface area contributed by atoms with E-state index in [1.807, 2.05) is 19.1 Å². The van der Waals surface area contributed by atoms with Crippen molar-refractivity contribution in [3.8, 4) is 5.75 Å². The number of ether oxygens (including phenoxy) is 1. The van der Waals surface area contributed by atoms with E-state index in [4.69, 9.17) is 4.74 Å². The van der Waals surface area contributed by atoms with Crippen molar-refractivity contribution in [3.63, 3.8) is 0 Å². The fraction of sp³-hybridized carbons (Fsp3) is 0.471. The van der Waals surface area contributed by atoms with Gasteiger partial charge < -0.3 is 4.74 Å². The fourth-order valence-electron chi connectivity index (χ4n) is 3.46. The number of methoxy groups -OCH3 is 1. The Hall–Kier alpha value is -2.02. The Morgan fingerprint density at radius 1 is 1.21 bits per heavy atom. The molecule has 1 aliphatic heterocycles. The van der Waals surface area contributed by atoms with Crippen LogP contribution in [0.15, 0.2) is 17.0 Å². The summed E-state index contributed by atoms with van der Waals surface area (Å²) in [6.45, 7) is 5.97. The number of hydrogen-bond donors (Lipinski definition) is 0. The van der Waals surface area contributed by atoms with E-state index in [1.54, 1.807) is 32.7 Å². The molecule has 0 unspecified atom stereocenters. The third-order valence-electron chi connectivity index (χ3n) is 4.73. The maximum absolute atomic E-state index is 13.4. The molecule has 2 aromatic rings. The van der Waals surface area contributed by atoms with Crippen LogP contribution < -0.4 is 9.04 Å². The second kappa shape index (κ2) is 5.81. The smallest absolute Gasteiger partial charge is 0.268 e. The third-order valence-corrected chi connectivity index (χ3v) is 6.78. The average Bonchev–Trinajstić information content (AvgIpc) is 2.80. The van der Waals surface area contributed by atoms with Gasteiger partial charge in [-0.3, -0.25) is 8.99 Å². The number of aromatic nitrogens is 2. The van der Waals surface area contributed by atoms with Gasteiger partial charge in [-0.05, 0) is 50.8 Å². The van der Waals surface area contributed by atoms with Gasteiger partial charge in [0.15, 0.2) is 0 Å². The Morgan fingerprint density at radius 2 is 1.92 bits per heavy atom. The summed E-state index contributed by atoms with van der Waals surface area (Å²) >= 11 is 0. The normalized spacial score (nSPS) is 14.6. The number of aryl methyl sites for hydroxylation is 3. The molecule has 0 bridgehead atoms. The molecule has 130 valence electrons. The van der Waals surface area contributed by atoms with Crippen LogP contribution >= 0.6 is 0 Å². The first-order chi connectivity index (χ1) is 11.3. The molecule has 0 atom stereocenters. The lowest BCUT2D eigenvalue weighted by Crippen LogP contribution is -2.36. The van der Waals surface area contributed by atoms with Crippen LogP contribution in [0.5, 0.6) is 5.75 Å². The summed E-state index contributed by atoms with van der Waals surface area (Å²) in [5.41, 5.74) is 3.97. The largest absolute Gasteiger partial charge is 0.495 e. The van der Waals surface area contributed by atoms with Crippen LogP contribution in [0.3, 0.4) is 0 Å². The third kappa shape index (κ3) is 2.38. The Bertz CT molecular complexity index is 900. The van der Waals surface area contributed by atoms with E-state index >= 15 is 0 Å². The summed E-state index contributed by atoms with van der Waals surface area (Å²) in [4.78, 5) is 0.293. The minimum absolute atomic E-state index is 0.293. The van der Waals surface area contributed by atoms with Crippen molar-refractivity contribution >= 4 is 15.7 Å². The van der Waals surface area contributed by atoms with Gasteiger partial charge in [-0.2, -0.15) is 5.10 Å². The fourth-order valence-corrected chi connectivity index (χ4v) is 5.41. The van der Waals surface area contributed by atoms with Gasteiger partial charge in [0, 0.05) is 13.6 Å². The molecular weight excluding hydrogens is 326 g/mol. The number of fused-ring (bicyclic) bond motifs is 1. The molecular formula is C17H23N3O3S. The van der Waals surface area contributed by atoms with Crippen molar-refractivity contribution < 1.29 is 13.2 Å². The zero-order chi connectivity index (χ0) is 17.6. The number of rotatable bonds is 3. The van der Waals surface area contributed by atoms with Crippen molar-refractivity contribution in [2.45, 2.75) is 38.5 Å². The number of hydrogen-bond acceptors (Lipinski definition) is 4.